The lowest BCUT2D eigenvalue weighted by Gasteiger charge is -2.07. The van der Waals surface area contributed by atoms with Gasteiger partial charge in [0.15, 0.2) is 0 Å². The predicted molar refractivity (Wildman–Crippen MR) is 84.6 cm³/mol. The summed E-state index contributed by atoms with van der Waals surface area (Å²) in [5, 5.41) is 0.0807. The molecule has 1 aromatic heterocycles. The molecule has 0 radical (unpaired) electrons. The number of unbranched alkanes of at least 4 members (excludes halogenated alkanes) is 1. The number of carbonyl (C=O) groups excluding carboxylic acids is 1. The first-order valence-electron chi connectivity index (χ1n) is 6.15. The number of hydrogen-bond donors (Lipinski definition) is 0. The van der Waals surface area contributed by atoms with E-state index in [1.165, 1.54) is 18.2 Å². The zero-order valence-corrected chi connectivity index (χ0v) is 14.0. The molecule has 0 atom stereocenters. The topological polar surface area (TPSA) is 30.0 Å². The molecule has 0 aliphatic carbocycles. The first-order valence-corrected chi connectivity index (χ1v) is 8.92. The molecule has 0 bridgehead atoms. The number of rotatable bonds is 7. The van der Waals surface area contributed by atoms with Crippen molar-refractivity contribution in [3.05, 3.63) is 22.4 Å². The Hall–Kier alpha value is -0.000000000000000111. The molecular weight excluding hydrogens is 330 g/mol. The normalized spacial score (nSPS) is 10.6. The standard InChI is InChI=1S/C13H18BrNOS2/c1-3-5-9-17-10-6-7-11(14)15-12(10)13(16)18-8-4-2/h6-7H,3-5,8-9H2,1-2H3. The van der Waals surface area contributed by atoms with Crippen LogP contribution in [0.15, 0.2) is 21.6 Å². The minimum atomic E-state index is 0.0807. The highest BCUT2D eigenvalue weighted by molar-refractivity contribution is 9.10. The van der Waals surface area contributed by atoms with Crippen molar-refractivity contribution in [1.82, 2.24) is 4.98 Å². The van der Waals surface area contributed by atoms with E-state index in [0.717, 1.165) is 33.8 Å². The summed E-state index contributed by atoms with van der Waals surface area (Å²) in [7, 11) is 0. The molecule has 0 spiro atoms. The van der Waals surface area contributed by atoms with Gasteiger partial charge in [-0.05, 0) is 46.7 Å². The molecule has 0 unspecified atom stereocenters. The second kappa shape index (κ2) is 8.99. The highest BCUT2D eigenvalue weighted by Gasteiger charge is 2.14. The second-order valence-corrected chi connectivity index (χ2v) is 6.84. The van der Waals surface area contributed by atoms with E-state index in [2.05, 4.69) is 34.8 Å². The molecule has 0 fully saturated rings. The summed E-state index contributed by atoms with van der Waals surface area (Å²) in [6.45, 7) is 4.25. The molecule has 100 valence electrons. The number of thioether (sulfide) groups is 2. The lowest BCUT2D eigenvalue weighted by Crippen LogP contribution is -2.02. The van der Waals surface area contributed by atoms with Gasteiger partial charge in [0.1, 0.15) is 10.3 Å². The number of halogens is 1. The average Bonchev–Trinajstić information content (AvgIpc) is 2.38. The summed E-state index contributed by atoms with van der Waals surface area (Å²) >= 11 is 6.41. The molecule has 0 aliphatic heterocycles. The maximum Gasteiger partial charge on any atom is 0.238 e. The average molecular weight is 348 g/mol. The fraction of sp³-hybridized carbons (Fsp3) is 0.538. The zero-order valence-electron chi connectivity index (χ0n) is 10.7. The minimum absolute atomic E-state index is 0.0807. The van der Waals surface area contributed by atoms with Crippen LogP contribution in [-0.2, 0) is 0 Å². The van der Waals surface area contributed by atoms with Crippen LogP contribution in [0.2, 0.25) is 0 Å². The quantitative estimate of drug-likeness (QED) is 0.393. The number of aromatic nitrogens is 1. The number of hydrogen-bond acceptors (Lipinski definition) is 4. The smallest absolute Gasteiger partial charge is 0.238 e. The van der Waals surface area contributed by atoms with Crippen molar-refractivity contribution in [3.8, 4) is 0 Å². The van der Waals surface area contributed by atoms with Crippen LogP contribution in [-0.4, -0.2) is 21.6 Å². The molecule has 18 heavy (non-hydrogen) atoms. The van der Waals surface area contributed by atoms with Crippen LogP contribution >= 0.6 is 39.5 Å². The second-order valence-electron chi connectivity index (χ2n) is 3.82. The van der Waals surface area contributed by atoms with Crippen LogP contribution in [0.25, 0.3) is 0 Å². The van der Waals surface area contributed by atoms with Gasteiger partial charge in [0.2, 0.25) is 5.12 Å². The van der Waals surface area contributed by atoms with E-state index in [-0.39, 0.29) is 5.12 Å². The lowest BCUT2D eigenvalue weighted by molar-refractivity contribution is 0.108. The van der Waals surface area contributed by atoms with Gasteiger partial charge in [-0.25, -0.2) is 4.98 Å². The van der Waals surface area contributed by atoms with Crippen molar-refractivity contribution in [2.24, 2.45) is 0 Å². The maximum atomic E-state index is 12.1. The molecule has 1 rings (SSSR count). The van der Waals surface area contributed by atoms with Crippen molar-refractivity contribution in [2.75, 3.05) is 11.5 Å². The van der Waals surface area contributed by atoms with Crippen LogP contribution in [0, 0.1) is 0 Å². The van der Waals surface area contributed by atoms with Crippen LogP contribution in [0.4, 0.5) is 0 Å². The van der Waals surface area contributed by atoms with Gasteiger partial charge in [0.25, 0.3) is 0 Å². The van der Waals surface area contributed by atoms with E-state index < -0.39 is 0 Å². The Morgan fingerprint density at radius 2 is 2.06 bits per heavy atom. The largest absolute Gasteiger partial charge is 0.280 e. The van der Waals surface area contributed by atoms with E-state index >= 15 is 0 Å². The Morgan fingerprint density at radius 1 is 1.28 bits per heavy atom. The molecular formula is C13H18BrNOS2. The van der Waals surface area contributed by atoms with Crippen molar-refractivity contribution < 1.29 is 4.79 Å². The van der Waals surface area contributed by atoms with Crippen molar-refractivity contribution in [2.45, 2.75) is 38.0 Å². The molecule has 0 amide bonds. The van der Waals surface area contributed by atoms with Crippen LogP contribution in [0.5, 0.6) is 0 Å². The van der Waals surface area contributed by atoms with E-state index in [9.17, 15) is 4.79 Å². The van der Waals surface area contributed by atoms with Crippen molar-refractivity contribution in [3.63, 3.8) is 0 Å². The van der Waals surface area contributed by atoms with Gasteiger partial charge in [0.05, 0.1) is 0 Å². The summed E-state index contributed by atoms with van der Waals surface area (Å²) in [6.07, 6.45) is 3.34. The molecule has 0 N–H and O–H groups in total. The summed E-state index contributed by atoms with van der Waals surface area (Å²) in [5.74, 6) is 1.89. The van der Waals surface area contributed by atoms with Gasteiger partial charge >= 0.3 is 0 Å². The molecule has 2 nitrogen and oxygen atoms in total. The van der Waals surface area contributed by atoms with Gasteiger partial charge < -0.3 is 0 Å². The molecule has 0 aliphatic rings. The Labute approximate surface area is 126 Å². The molecule has 0 saturated heterocycles. The van der Waals surface area contributed by atoms with Crippen LogP contribution < -0.4 is 0 Å². The Balaban J connectivity index is 2.78. The lowest BCUT2D eigenvalue weighted by atomic mass is 10.4. The van der Waals surface area contributed by atoms with E-state index in [1.807, 2.05) is 12.1 Å². The van der Waals surface area contributed by atoms with Gasteiger partial charge in [-0.3, -0.25) is 4.79 Å². The van der Waals surface area contributed by atoms with Gasteiger partial charge in [-0.1, -0.05) is 32.0 Å². The minimum Gasteiger partial charge on any atom is -0.280 e. The fourth-order valence-electron chi connectivity index (χ4n) is 1.27. The third-order valence-corrected chi connectivity index (χ3v) is 4.85. The van der Waals surface area contributed by atoms with E-state index in [1.54, 1.807) is 11.8 Å². The number of pyridine rings is 1. The predicted octanol–water partition coefficient (Wildman–Crippen LogP) is 5.02. The Morgan fingerprint density at radius 3 is 2.72 bits per heavy atom. The third-order valence-electron chi connectivity index (χ3n) is 2.21. The molecule has 5 heteroatoms. The highest BCUT2D eigenvalue weighted by atomic mass is 79.9. The van der Waals surface area contributed by atoms with E-state index in [0.29, 0.717) is 5.69 Å². The zero-order chi connectivity index (χ0) is 13.4. The first kappa shape index (κ1) is 16.1. The van der Waals surface area contributed by atoms with Gasteiger partial charge in [-0.15, -0.1) is 11.8 Å². The highest BCUT2D eigenvalue weighted by Crippen LogP contribution is 2.27. The summed E-state index contributed by atoms with van der Waals surface area (Å²) in [4.78, 5) is 17.4. The molecule has 1 heterocycles. The summed E-state index contributed by atoms with van der Waals surface area (Å²) in [6, 6.07) is 3.88. The monoisotopic (exact) mass is 347 g/mol. The molecule has 0 saturated carbocycles. The summed E-state index contributed by atoms with van der Waals surface area (Å²) < 4.78 is 0.725. The van der Waals surface area contributed by atoms with Gasteiger partial charge in [-0.2, -0.15) is 0 Å². The van der Waals surface area contributed by atoms with Crippen LogP contribution in [0.3, 0.4) is 0 Å². The van der Waals surface area contributed by atoms with Crippen LogP contribution in [0.1, 0.15) is 43.6 Å². The SMILES string of the molecule is CCCCSc1ccc(Br)nc1C(=O)SCCC. The fourth-order valence-corrected chi connectivity index (χ4v) is 3.42. The van der Waals surface area contributed by atoms with Crippen molar-refractivity contribution in [1.29, 1.82) is 0 Å². The van der Waals surface area contributed by atoms with E-state index in [4.69, 9.17) is 0 Å². The Kier molecular flexibility index (Phi) is 8.02. The van der Waals surface area contributed by atoms with Gasteiger partial charge in [0, 0.05) is 10.6 Å². The Bertz CT molecular complexity index is 399. The molecule has 1 aromatic rings. The summed E-state index contributed by atoms with van der Waals surface area (Å²) in [5.41, 5.74) is 0.601. The number of nitrogens with zero attached hydrogens (tertiary/aromatic N) is 1. The maximum absolute atomic E-state index is 12.1. The number of carbonyl (C=O) groups is 1. The third kappa shape index (κ3) is 5.33. The van der Waals surface area contributed by atoms with Crippen molar-refractivity contribution >= 4 is 44.6 Å². The molecule has 0 aromatic carbocycles. The first-order chi connectivity index (χ1) is 8.69.